The summed E-state index contributed by atoms with van der Waals surface area (Å²) >= 11 is 3.40. The van der Waals surface area contributed by atoms with E-state index in [0.29, 0.717) is 6.54 Å². The van der Waals surface area contributed by atoms with Crippen molar-refractivity contribution in [1.29, 1.82) is 0 Å². The minimum Gasteiger partial charge on any atom is -0.274 e. The Balaban J connectivity index is 2.00. The van der Waals surface area contributed by atoms with Crippen molar-refractivity contribution in [3.05, 3.63) is 39.4 Å². The van der Waals surface area contributed by atoms with Crippen molar-refractivity contribution in [2.24, 2.45) is 5.41 Å². The molecule has 1 fully saturated rings. The third-order valence-corrected chi connectivity index (χ3v) is 5.10. The van der Waals surface area contributed by atoms with Crippen molar-refractivity contribution < 1.29 is 14.5 Å². The minimum atomic E-state index is -0.620. The van der Waals surface area contributed by atoms with Gasteiger partial charge in [0, 0.05) is 17.9 Å². The van der Waals surface area contributed by atoms with E-state index in [0.717, 1.165) is 23.1 Å². The van der Waals surface area contributed by atoms with Crippen LogP contribution in [0.5, 0.6) is 0 Å². The molecule has 20 heavy (non-hydrogen) atoms. The molecule has 0 N–H and O–H groups in total. The molecule has 1 aliphatic carbocycles. The number of hydrogen-bond acceptors (Lipinski definition) is 4. The van der Waals surface area contributed by atoms with Crippen LogP contribution >= 0.6 is 15.9 Å². The van der Waals surface area contributed by atoms with Gasteiger partial charge in [0.05, 0.1) is 10.5 Å². The molecule has 1 aromatic carbocycles. The summed E-state index contributed by atoms with van der Waals surface area (Å²) in [6.07, 6.45) is 1.90. The van der Waals surface area contributed by atoms with Gasteiger partial charge in [-0.2, -0.15) is 0 Å². The van der Waals surface area contributed by atoms with Crippen molar-refractivity contribution in [2.45, 2.75) is 12.8 Å². The molecule has 1 saturated carbocycles. The van der Waals surface area contributed by atoms with Gasteiger partial charge in [-0.1, -0.05) is 22.0 Å². The summed E-state index contributed by atoms with van der Waals surface area (Å²) in [6, 6.07) is 4.16. The molecule has 7 heteroatoms. The fourth-order valence-electron chi connectivity index (χ4n) is 2.46. The van der Waals surface area contributed by atoms with Gasteiger partial charge in [-0.3, -0.25) is 24.6 Å². The van der Waals surface area contributed by atoms with E-state index in [1.54, 1.807) is 0 Å². The lowest BCUT2D eigenvalue weighted by Gasteiger charge is -2.19. The average molecular weight is 339 g/mol. The molecular formula is C13H11BrN2O4. The average Bonchev–Trinajstić information content (AvgIpc) is 3.18. The molecule has 3 rings (SSSR count). The summed E-state index contributed by atoms with van der Waals surface area (Å²) in [6.45, 7) is 0.321. The Morgan fingerprint density at radius 3 is 2.55 bits per heavy atom. The molecule has 104 valence electrons. The van der Waals surface area contributed by atoms with Crippen LogP contribution in [0.3, 0.4) is 0 Å². The highest BCUT2D eigenvalue weighted by Crippen LogP contribution is 2.48. The molecular weight excluding hydrogens is 328 g/mol. The van der Waals surface area contributed by atoms with E-state index >= 15 is 0 Å². The molecule has 1 aliphatic heterocycles. The number of rotatable bonds is 4. The Labute approximate surface area is 123 Å². The zero-order valence-corrected chi connectivity index (χ0v) is 12.1. The SMILES string of the molecule is O=C1c2cccc([N+](=O)[O-])c2C(=O)N1CC1(CBr)CC1. The molecule has 0 saturated heterocycles. The first-order valence-electron chi connectivity index (χ1n) is 6.19. The third-order valence-electron chi connectivity index (χ3n) is 3.91. The van der Waals surface area contributed by atoms with Crippen molar-refractivity contribution in [3.8, 4) is 0 Å². The van der Waals surface area contributed by atoms with Gasteiger partial charge in [-0.25, -0.2) is 0 Å². The standard InChI is InChI=1S/C13H11BrN2O4/c14-6-13(4-5-13)7-15-11(17)8-2-1-3-9(16(19)20)10(8)12(15)18/h1-3H,4-7H2. The van der Waals surface area contributed by atoms with Gasteiger partial charge >= 0.3 is 0 Å². The summed E-state index contributed by atoms with van der Waals surface area (Å²) < 4.78 is 0. The second-order valence-electron chi connectivity index (χ2n) is 5.29. The molecule has 0 bridgehead atoms. The zero-order chi connectivity index (χ0) is 14.5. The number of fused-ring (bicyclic) bond motifs is 1. The smallest absolute Gasteiger partial charge is 0.274 e. The highest BCUT2D eigenvalue weighted by Gasteiger charge is 2.49. The number of halogens is 1. The number of imide groups is 1. The Bertz CT molecular complexity index is 639. The second-order valence-corrected chi connectivity index (χ2v) is 5.85. The molecule has 0 atom stereocenters. The number of amides is 2. The summed E-state index contributed by atoms with van der Waals surface area (Å²) in [7, 11) is 0. The summed E-state index contributed by atoms with van der Waals surface area (Å²) in [5.41, 5.74) is -0.295. The van der Waals surface area contributed by atoms with E-state index < -0.39 is 16.7 Å². The van der Waals surface area contributed by atoms with Crippen LogP contribution in [-0.4, -0.2) is 33.5 Å². The van der Waals surface area contributed by atoms with Gasteiger partial charge in [-0.05, 0) is 24.3 Å². The van der Waals surface area contributed by atoms with Crippen LogP contribution in [0.25, 0.3) is 0 Å². The maximum Gasteiger partial charge on any atom is 0.282 e. The maximum absolute atomic E-state index is 12.3. The van der Waals surface area contributed by atoms with Gasteiger partial charge in [0.25, 0.3) is 17.5 Å². The molecule has 6 nitrogen and oxygen atoms in total. The van der Waals surface area contributed by atoms with Crippen molar-refractivity contribution in [2.75, 3.05) is 11.9 Å². The lowest BCUT2D eigenvalue weighted by molar-refractivity contribution is -0.385. The van der Waals surface area contributed by atoms with Crippen LogP contribution in [0.4, 0.5) is 5.69 Å². The van der Waals surface area contributed by atoms with E-state index in [-0.39, 0.29) is 22.2 Å². The Morgan fingerprint density at radius 2 is 2.00 bits per heavy atom. The number of benzene rings is 1. The maximum atomic E-state index is 12.3. The highest BCUT2D eigenvalue weighted by atomic mass is 79.9. The first-order valence-corrected chi connectivity index (χ1v) is 7.31. The van der Waals surface area contributed by atoms with E-state index in [1.807, 2.05) is 0 Å². The van der Waals surface area contributed by atoms with E-state index in [4.69, 9.17) is 0 Å². The minimum absolute atomic E-state index is 0.0534. The number of hydrogen-bond donors (Lipinski definition) is 0. The van der Waals surface area contributed by atoms with Crippen molar-refractivity contribution >= 4 is 33.4 Å². The second kappa shape index (κ2) is 4.37. The van der Waals surface area contributed by atoms with Crippen LogP contribution < -0.4 is 0 Å². The third kappa shape index (κ3) is 1.84. The fraction of sp³-hybridized carbons (Fsp3) is 0.385. The summed E-state index contributed by atoms with van der Waals surface area (Å²) in [4.78, 5) is 36.1. The summed E-state index contributed by atoms with van der Waals surface area (Å²) in [5.74, 6) is -0.981. The monoisotopic (exact) mass is 338 g/mol. The fourth-order valence-corrected chi connectivity index (χ4v) is 3.20. The zero-order valence-electron chi connectivity index (χ0n) is 10.5. The Kier molecular flexibility index (Phi) is 2.89. The molecule has 2 amide bonds. The molecule has 2 aliphatic rings. The molecule has 0 spiro atoms. The molecule has 1 aromatic rings. The van der Waals surface area contributed by atoms with Crippen LogP contribution in [0.2, 0.25) is 0 Å². The molecule has 0 aromatic heterocycles. The van der Waals surface area contributed by atoms with Gasteiger partial charge in [0.1, 0.15) is 5.56 Å². The predicted molar refractivity (Wildman–Crippen MR) is 73.9 cm³/mol. The molecule has 1 heterocycles. The van der Waals surface area contributed by atoms with Crippen LogP contribution in [0.15, 0.2) is 18.2 Å². The lowest BCUT2D eigenvalue weighted by Crippen LogP contribution is -2.36. The number of nitrogens with zero attached hydrogens (tertiary/aromatic N) is 2. The Morgan fingerprint density at radius 1 is 1.30 bits per heavy atom. The first-order chi connectivity index (χ1) is 9.49. The number of alkyl halides is 1. The van der Waals surface area contributed by atoms with E-state index in [9.17, 15) is 19.7 Å². The van der Waals surface area contributed by atoms with Crippen LogP contribution in [0, 0.1) is 15.5 Å². The lowest BCUT2D eigenvalue weighted by atomic mass is 10.1. The summed E-state index contributed by atoms with van der Waals surface area (Å²) in [5, 5.41) is 11.7. The molecule has 0 unspecified atom stereocenters. The van der Waals surface area contributed by atoms with Gasteiger partial charge in [-0.15, -0.1) is 0 Å². The van der Waals surface area contributed by atoms with Gasteiger partial charge in [0.15, 0.2) is 0 Å². The first kappa shape index (κ1) is 13.2. The highest BCUT2D eigenvalue weighted by molar-refractivity contribution is 9.09. The largest absolute Gasteiger partial charge is 0.282 e. The quantitative estimate of drug-likeness (QED) is 0.365. The number of carbonyl (C=O) groups excluding carboxylic acids is 2. The van der Waals surface area contributed by atoms with E-state index in [1.165, 1.54) is 18.2 Å². The topological polar surface area (TPSA) is 80.5 Å². The number of carbonyl (C=O) groups is 2. The van der Waals surface area contributed by atoms with Gasteiger partial charge < -0.3 is 0 Å². The number of nitro benzene ring substituents is 1. The van der Waals surface area contributed by atoms with Gasteiger partial charge in [0.2, 0.25) is 0 Å². The normalized spacial score (nSPS) is 19.1. The van der Waals surface area contributed by atoms with Crippen molar-refractivity contribution in [1.82, 2.24) is 4.90 Å². The Hall–Kier alpha value is -1.76. The molecule has 0 radical (unpaired) electrons. The van der Waals surface area contributed by atoms with Crippen molar-refractivity contribution in [3.63, 3.8) is 0 Å². The predicted octanol–water partition coefficient (Wildman–Crippen LogP) is 2.37. The van der Waals surface area contributed by atoms with Crippen LogP contribution in [0.1, 0.15) is 33.6 Å². The number of nitro groups is 1. The van der Waals surface area contributed by atoms with Crippen LogP contribution in [-0.2, 0) is 0 Å². The van der Waals surface area contributed by atoms with E-state index in [2.05, 4.69) is 15.9 Å².